The normalized spacial score (nSPS) is 10.2. The Hall–Kier alpha value is -1.59. The van der Waals surface area contributed by atoms with Crippen molar-refractivity contribution in [2.24, 2.45) is 5.73 Å². The molecular weight excluding hydrogens is 268 g/mol. The Kier molecular flexibility index (Phi) is 6.32. The standard InChI is InChI=1S/C13H17ClN2O3/c1-2-19-12(17)5-6-16-8-10-4-3-9(13(15)18)7-11(10)14/h3-4,7,16H,2,5-6,8H2,1H3,(H2,15,18). The Labute approximate surface area is 117 Å². The fraction of sp³-hybridized carbons (Fsp3) is 0.385. The zero-order chi connectivity index (χ0) is 14.3. The van der Waals surface area contributed by atoms with Crippen LogP contribution in [0.5, 0.6) is 0 Å². The van der Waals surface area contributed by atoms with Crippen LogP contribution in [0.2, 0.25) is 5.02 Å². The molecule has 0 bridgehead atoms. The van der Waals surface area contributed by atoms with Crippen LogP contribution in [0, 0.1) is 0 Å². The van der Waals surface area contributed by atoms with Crippen molar-refractivity contribution < 1.29 is 14.3 Å². The first-order valence-corrected chi connectivity index (χ1v) is 6.37. The fourth-order valence-electron chi connectivity index (χ4n) is 1.49. The number of amides is 1. The number of benzene rings is 1. The molecule has 0 aliphatic carbocycles. The Balaban J connectivity index is 2.41. The number of hydrogen-bond donors (Lipinski definition) is 2. The number of ether oxygens (including phenoxy) is 1. The number of nitrogens with one attached hydrogen (secondary N) is 1. The number of carbonyl (C=O) groups is 2. The molecule has 6 heteroatoms. The summed E-state index contributed by atoms with van der Waals surface area (Å²) in [6, 6.07) is 4.89. The van der Waals surface area contributed by atoms with Crippen molar-refractivity contribution >= 4 is 23.5 Å². The molecule has 104 valence electrons. The molecule has 0 radical (unpaired) electrons. The summed E-state index contributed by atoms with van der Waals surface area (Å²) in [7, 11) is 0. The van der Waals surface area contributed by atoms with Gasteiger partial charge in [0.05, 0.1) is 13.0 Å². The van der Waals surface area contributed by atoms with Crippen LogP contribution in [-0.2, 0) is 16.1 Å². The van der Waals surface area contributed by atoms with Crippen LogP contribution in [0.25, 0.3) is 0 Å². The maximum atomic E-state index is 11.1. The van der Waals surface area contributed by atoms with E-state index in [9.17, 15) is 9.59 Å². The summed E-state index contributed by atoms with van der Waals surface area (Å²) in [4.78, 5) is 22.1. The van der Waals surface area contributed by atoms with E-state index in [-0.39, 0.29) is 5.97 Å². The molecule has 1 rings (SSSR count). The van der Waals surface area contributed by atoms with E-state index in [4.69, 9.17) is 22.1 Å². The Morgan fingerprint density at radius 3 is 2.74 bits per heavy atom. The Bertz CT molecular complexity index is 463. The second kappa shape index (κ2) is 7.76. The van der Waals surface area contributed by atoms with Crippen LogP contribution < -0.4 is 11.1 Å². The van der Waals surface area contributed by atoms with Crippen LogP contribution >= 0.6 is 11.6 Å². The van der Waals surface area contributed by atoms with E-state index in [1.807, 2.05) is 0 Å². The average molecular weight is 285 g/mol. The maximum Gasteiger partial charge on any atom is 0.307 e. The van der Waals surface area contributed by atoms with Crippen LogP contribution in [0.3, 0.4) is 0 Å². The van der Waals surface area contributed by atoms with E-state index in [0.29, 0.717) is 36.7 Å². The van der Waals surface area contributed by atoms with Crippen LogP contribution in [0.1, 0.15) is 29.3 Å². The van der Waals surface area contributed by atoms with Crippen molar-refractivity contribution in [3.63, 3.8) is 0 Å². The fourth-order valence-corrected chi connectivity index (χ4v) is 1.74. The van der Waals surface area contributed by atoms with Gasteiger partial charge < -0.3 is 15.8 Å². The lowest BCUT2D eigenvalue weighted by Gasteiger charge is -2.07. The average Bonchev–Trinajstić information content (AvgIpc) is 2.36. The zero-order valence-electron chi connectivity index (χ0n) is 10.7. The first-order chi connectivity index (χ1) is 9.04. The summed E-state index contributed by atoms with van der Waals surface area (Å²) in [5.74, 6) is -0.742. The van der Waals surface area contributed by atoms with E-state index >= 15 is 0 Å². The molecule has 5 nitrogen and oxygen atoms in total. The van der Waals surface area contributed by atoms with Crippen LogP contribution in [0.15, 0.2) is 18.2 Å². The lowest BCUT2D eigenvalue weighted by Crippen LogP contribution is -2.19. The van der Waals surface area contributed by atoms with Gasteiger partial charge in [-0.3, -0.25) is 9.59 Å². The van der Waals surface area contributed by atoms with Gasteiger partial charge in [0.1, 0.15) is 0 Å². The largest absolute Gasteiger partial charge is 0.466 e. The maximum absolute atomic E-state index is 11.1. The molecule has 0 aliphatic heterocycles. The second-order valence-electron chi connectivity index (χ2n) is 3.90. The molecule has 0 aliphatic rings. The molecule has 0 spiro atoms. The molecule has 0 unspecified atom stereocenters. The third-order valence-corrected chi connectivity index (χ3v) is 2.82. The summed E-state index contributed by atoms with van der Waals surface area (Å²) in [5, 5.41) is 3.55. The zero-order valence-corrected chi connectivity index (χ0v) is 11.5. The quantitative estimate of drug-likeness (QED) is 0.587. The minimum absolute atomic E-state index is 0.231. The minimum atomic E-state index is -0.510. The van der Waals surface area contributed by atoms with E-state index in [1.165, 1.54) is 6.07 Å². The van der Waals surface area contributed by atoms with E-state index in [0.717, 1.165) is 5.56 Å². The molecule has 1 aromatic carbocycles. The van der Waals surface area contributed by atoms with Crippen molar-refractivity contribution in [1.82, 2.24) is 5.32 Å². The SMILES string of the molecule is CCOC(=O)CCNCc1ccc(C(N)=O)cc1Cl. The monoisotopic (exact) mass is 284 g/mol. The summed E-state index contributed by atoms with van der Waals surface area (Å²) < 4.78 is 4.80. The first kappa shape index (κ1) is 15.5. The number of carbonyl (C=O) groups excluding carboxylic acids is 2. The molecular formula is C13H17ClN2O3. The van der Waals surface area contributed by atoms with Gasteiger partial charge in [-0.05, 0) is 24.6 Å². The smallest absolute Gasteiger partial charge is 0.307 e. The van der Waals surface area contributed by atoms with Gasteiger partial charge >= 0.3 is 5.97 Å². The Morgan fingerprint density at radius 2 is 2.16 bits per heavy atom. The van der Waals surface area contributed by atoms with Gasteiger partial charge in [-0.2, -0.15) is 0 Å². The van der Waals surface area contributed by atoms with Crippen molar-refractivity contribution in [2.45, 2.75) is 19.9 Å². The molecule has 0 saturated heterocycles. The molecule has 3 N–H and O–H groups in total. The Morgan fingerprint density at radius 1 is 1.42 bits per heavy atom. The molecule has 0 heterocycles. The van der Waals surface area contributed by atoms with Crippen molar-refractivity contribution in [2.75, 3.05) is 13.2 Å². The predicted molar refractivity (Wildman–Crippen MR) is 72.9 cm³/mol. The molecule has 0 atom stereocenters. The third kappa shape index (κ3) is 5.28. The number of esters is 1. The van der Waals surface area contributed by atoms with Gasteiger partial charge in [0.25, 0.3) is 0 Å². The predicted octanol–water partition coefficient (Wildman–Crippen LogP) is 1.48. The number of rotatable bonds is 7. The highest BCUT2D eigenvalue weighted by atomic mass is 35.5. The van der Waals surface area contributed by atoms with Crippen molar-refractivity contribution in [3.05, 3.63) is 34.3 Å². The highest BCUT2D eigenvalue weighted by Crippen LogP contribution is 2.17. The molecule has 0 saturated carbocycles. The first-order valence-electron chi connectivity index (χ1n) is 5.99. The minimum Gasteiger partial charge on any atom is -0.466 e. The lowest BCUT2D eigenvalue weighted by molar-refractivity contribution is -0.142. The topological polar surface area (TPSA) is 81.4 Å². The molecule has 0 fully saturated rings. The molecule has 19 heavy (non-hydrogen) atoms. The summed E-state index contributed by atoms with van der Waals surface area (Å²) in [6.45, 7) is 3.18. The lowest BCUT2D eigenvalue weighted by atomic mass is 10.1. The van der Waals surface area contributed by atoms with Gasteiger partial charge in [-0.15, -0.1) is 0 Å². The summed E-state index contributed by atoms with van der Waals surface area (Å²) in [5.41, 5.74) is 6.37. The van der Waals surface area contributed by atoms with Crippen molar-refractivity contribution in [3.8, 4) is 0 Å². The van der Waals surface area contributed by atoms with Gasteiger partial charge in [0.2, 0.25) is 5.91 Å². The summed E-state index contributed by atoms with van der Waals surface area (Å²) in [6.07, 6.45) is 0.310. The molecule has 0 aromatic heterocycles. The van der Waals surface area contributed by atoms with Gasteiger partial charge in [-0.1, -0.05) is 17.7 Å². The molecule has 1 amide bonds. The number of primary amides is 1. The number of hydrogen-bond acceptors (Lipinski definition) is 4. The van der Waals surface area contributed by atoms with Gasteiger partial charge in [-0.25, -0.2) is 0 Å². The second-order valence-corrected chi connectivity index (χ2v) is 4.31. The van der Waals surface area contributed by atoms with Crippen molar-refractivity contribution in [1.29, 1.82) is 0 Å². The highest BCUT2D eigenvalue weighted by molar-refractivity contribution is 6.31. The van der Waals surface area contributed by atoms with E-state index in [1.54, 1.807) is 19.1 Å². The van der Waals surface area contributed by atoms with Crippen LogP contribution in [0.4, 0.5) is 0 Å². The number of nitrogens with two attached hydrogens (primary N) is 1. The highest BCUT2D eigenvalue weighted by Gasteiger charge is 2.06. The third-order valence-electron chi connectivity index (χ3n) is 2.46. The van der Waals surface area contributed by atoms with Crippen LogP contribution in [-0.4, -0.2) is 25.0 Å². The van der Waals surface area contributed by atoms with Gasteiger partial charge in [0, 0.05) is 23.7 Å². The van der Waals surface area contributed by atoms with E-state index < -0.39 is 5.91 Å². The summed E-state index contributed by atoms with van der Waals surface area (Å²) >= 11 is 6.03. The number of halogens is 1. The molecule has 1 aromatic rings. The van der Waals surface area contributed by atoms with Gasteiger partial charge in [0.15, 0.2) is 0 Å². The van der Waals surface area contributed by atoms with E-state index in [2.05, 4.69) is 5.32 Å².